The van der Waals surface area contributed by atoms with E-state index in [0.717, 1.165) is 59.3 Å². The van der Waals surface area contributed by atoms with Gasteiger partial charge in [-0.15, -0.1) is 0 Å². The lowest BCUT2D eigenvalue weighted by molar-refractivity contribution is 0.217. The molecule has 0 atom stereocenters. The van der Waals surface area contributed by atoms with Crippen LogP contribution in [0, 0.1) is 13.8 Å². The number of benzene rings is 2. The summed E-state index contributed by atoms with van der Waals surface area (Å²) < 4.78 is 11.8. The van der Waals surface area contributed by atoms with Crippen LogP contribution in [0.25, 0.3) is 11.3 Å². The monoisotopic (exact) mass is 417 g/mol. The lowest BCUT2D eigenvalue weighted by Crippen LogP contribution is -2.25. The van der Waals surface area contributed by atoms with E-state index in [2.05, 4.69) is 54.1 Å². The zero-order chi connectivity index (χ0) is 22.0. The van der Waals surface area contributed by atoms with E-state index >= 15 is 0 Å². The summed E-state index contributed by atoms with van der Waals surface area (Å²) >= 11 is 0. The Labute approximate surface area is 185 Å². The van der Waals surface area contributed by atoms with E-state index in [1.165, 1.54) is 11.1 Å². The minimum Gasteiger partial charge on any atom is -0.493 e. The van der Waals surface area contributed by atoms with E-state index in [4.69, 9.17) is 14.5 Å². The van der Waals surface area contributed by atoms with Gasteiger partial charge in [0.1, 0.15) is 6.61 Å². The van der Waals surface area contributed by atoms with Gasteiger partial charge in [0, 0.05) is 37.0 Å². The van der Waals surface area contributed by atoms with Gasteiger partial charge in [-0.05, 0) is 43.0 Å². The third kappa shape index (κ3) is 4.72. The van der Waals surface area contributed by atoms with Crippen molar-refractivity contribution in [3.05, 3.63) is 70.7 Å². The summed E-state index contributed by atoms with van der Waals surface area (Å²) in [5.74, 6) is 2.13. The number of hydrogen-bond acceptors (Lipinski definition) is 5. The van der Waals surface area contributed by atoms with Gasteiger partial charge in [0.25, 0.3) is 0 Å². The van der Waals surface area contributed by atoms with Crippen molar-refractivity contribution in [3.63, 3.8) is 0 Å². The van der Waals surface area contributed by atoms with Crippen molar-refractivity contribution in [2.45, 2.75) is 46.7 Å². The molecule has 1 aliphatic rings. The molecule has 0 amide bonds. The molecule has 0 fully saturated rings. The van der Waals surface area contributed by atoms with Crippen LogP contribution in [0.2, 0.25) is 0 Å². The summed E-state index contributed by atoms with van der Waals surface area (Å²) in [5.41, 5.74) is 7.51. The summed E-state index contributed by atoms with van der Waals surface area (Å²) in [5, 5.41) is 0. The second kappa shape index (κ2) is 9.06. The molecule has 0 aliphatic carbocycles. The maximum Gasteiger partial charge on any atom is 0.165 e. The predicted octanol–water partition coefficient (Wildman–Crippen LogP) is 5.29. The predicted molar refractivity (Wildman–Crippen MR) is 124 cm³/mol. The van der Waals surface area contributed by atoms with Gasteiger partial charge < -0.3 is 9.47 Å². The van der Waals surface area contributed by atoms with Gasteiger partial charge in [0.2, 0.25) is 0 Å². The van der Waals surface area contributed by atoms with Crippen LogP contribution in [0.1, 0.15) is 47.8 Å². The summed E-state index contributed by atoms with van der Waals surface area (Å²) in [6.45, 7) is 11.6. The van der Waals surface area contributed by atoms with Gasteiger partial charge in [-0.1, -0.05) is 38.1 Å². The topological polar surface area (TPSA) is 47.5 Å². The van der Waals surface area contributed by atoms with E-state index in [9.17, 15) is 0 Å². The maximum absolute atomic E-state index is 6.13. The molecule has 162 valence electrons. The van der Waals surface area contributed by atoms with Crippen LogP contribution in [0.5, 0.6) is 11.5 Å². The summed E-state index contributed by atoms with van der Waals surface area (Å²) in [4.78, 5) is 11.6. The molecule has 0 saturated heterocycles. The summed E-state index contributed by atoms with van der Waals surface area (Å²) in [6.07, 6.45) is 1.80. The Bertz CT molecular complexity index is 1060. The Morgan fingerprint density at radius 2 is 1.90 bits per heavy atom. The molecule has 3 aromatic rings. The van der Waals surface area contributed by atoms with Crippen molar-refractivity contribution < 1.29 is 9.47 Å². The lowest BCUT2D eigenvalue weighted by Gasteiger charge is -2.20. The normalized spacial score (nSPS) is 14.1. The Kier molecular flexibility index (Phi) is 6.23. The smallest absolute Gasteiger partial charge is 0.165 e. The molecule has 31 heavy (non-hydrogen) atoms. The molecule has 0 radical (unpaired) electrons. The molecule has 5 nitrogen and oxygen atoms in total. The first-order chi connectivity index (χ1) is 14.9. The van der Waals surface area contributed by atoms with Gasteiger partial charge in [-0.3, -0.25) is 9.88 Å². The highest BCUT2D eigenvalue weighted by atomic mass is 16.5. The first-order valence-electron chi connectivity index (χ1n) is 10.9. The molecule has 5 heteroatoms. The summed E-state index contributed by atoms with van der Waals surface area (Å²) in [7, 11) is 1.69. The van der Waals surface area contributed by atoms with E-state index < -0.39 is 0 Å². The molecule has 0 unspecified atom stereocenters. The van der Waals surface area contributed by atoms with E-state index in [0.29, 0.717) is 12.5 Å². The quantitative estimate of drug-likeness (QED) is 0.565. The van der Waals surface area contributed by atoms with Crippen molar-refractivity contribution >= 4 is 0 Å². The largest absolute Gasteiger partial charge is 0.493 e. The van der Waals surface area contributed by atoms with Crippen LogP contribution >= 0.6 is 0 Å². The first-order valence-corrected chi connectivity index (χ1v) is 10.9. The number of ether oxygens (including phenoxy) is 2. The van der Waals surface area contributed by atoms with Crippen molar-refractivity contribution in [1.82, 2.24) is 14.9 Å². The fourth-order valence-electron chi connectivity index (χ4n) is 4.04. The van der Waals surface area contributed by atoms with E-state index in [1.54, 1.807) is 13.3 Å². The second-order valence-electron chi connectivity index (χ2n) is 8.57. The number of fused-ring (bicyclic) bond motifs is 1. The summed E-state index contributed by atoms with van der Waals surface area (Å²) in [6, 6.07) is 13.1. The Balaban J connectivity index is 1.64. The third-order valence-corrected chi connectivity index (χ3v) is 5.80. The molecule has 4 rings (SSSR count). The highest BCUT2D eigenvalue weighted by Crippen LogP contribution is 2.38. The van der Waals surface area contributed by atoms with Crippen molar-refractivity contribution in [1.29, 1.82) is 0 Å². The molecular weight excluding hydrogens is 386 g/mol. The SMILES string of the molecule is COc1cc(-c2nc(C)cnc2C)cc2c1OCCN(Cc1ccc(C(C)C)cc1)C2. The molecule has 2 heterocycles. The number of nitrogens with zero attached hydrogens (tertiary/aromatic N) is 3. The van der Waals surface area contributed by atoms with Gasteiger partial charge in [0.05, 0.1) is 24.2 Å². The molecule has 2 aromatic carbocycles. The maximum atomic E-state index is 6.13. The fraction of sp³-hybridized carbons (Fsp3) is 0.385. The second-order valence-corrected chi connectivity index (χ2v) is 8.57. The zero-order valence-electron chi connectivity index (χ0n) is 19.1. The van der Waals surface area contributed by atoms with Crippen molar-refractivity contribution in [2.24, 2.45) is 0 Å². The molecule has 0 spiro atoms. The van der Waals surface area contributed by atoms with Crippen molar-refractivity contribution in [3.8, 4) is 22.8 Å². The van der Waals surface area contributed by atoms with E-state index in [-0.39, 0.29) is 0 Å². The molecule has 0 N–H and O–H groups in total. The first kappa shape index (κ1) is 21.3. The van der Waals surface area contributed by atoms with Crippen LogP contribution in [0.3, 0.4) is 0 Å². The average Bonchev–Trinajstić information content (AvgIpc) is 2.96. The molecule has 0 saturated carbocycles. The van der Waals surface area contributed by atoms with Crippen LogP contribution in [0.4, 0.5) is 0 Å². The van der Waals surface area contributed by atoms with Crippen LogP contribution in [-0.2, 0) is 13.1 Å². The fourth-order valence-corrected chi connectivity index (χ4v) is 4.04. The van der Waals surface area contributed by atoms with Crippen molar-refractivity contribution in [2.75, 3.05) is 20.3 Å². The number of aromatic nitrogens is 2. The van der Waals surface area contributed by atoms with Crippen LogP contribution < -0.4 is 9.47 Å². The highest BCUT2D eigenvalue weighted by Gasteiger charge is 2.22. The average molecular weight is 418 g/mol. The zero-order valence-corrected chi connectivity index (χ0v) is 19.1. The molecular formula is C26H31N3O2. The molecule has 0 bridgehead atoms. The highest BCUT2D eigenvalue weighted by molar-refractivity contribution is 5.68. The van der Waals surface area contributed by atoms with Gasteiger partial charge >= 0.3 is 0 Å². The lowest BCUT2D eigenvalue weighted by atomic mass is 10.0. The van der Waals surface area contributed by atoms with Gasteiger partial charge in [0.15, 0.2) is 11.5 Å². The number of hydrogen-bond donors (Lipinski definition) is 0. The van der Waals surface area contributed by atoms with Crippen LogP contribution in [0.15, 0.2) is 42.6 Å². The Morgan fingerprint density at radius 3 is 2.61 bits per heavy atom. The third-order valence-electron chi connectivity index (χ3n) is 5.80. The Morgan fingerprint density at radius 1 is 1.13 bits per heavy atom. The van der Waals surface area contributed by atoms with Gasteiger partial charge in [-0.2, -0.15) is 0 Å². The number of methoxy groups -OCH3 is 1. The van der Waals surface area contributed by atoms with Crippen LogP contribution in [-0.4, -0.2) is 35.1 Å². The minimum absolute atomic E-state index is 0.548. The minimum atomic E-state index is 0.548. The number of rotatable bonds is 5. The molecule has 1 aromatic heterocycles. The van der Waals surface area contributed by atoms with Gasteiger partial charge in [-0.25, -0.2) is 4.98 Å². The number of aryl methyl sites for hydroxylation is 2. The standard InChI is InChI=1S/C26H31N3O2/c1-17(2)21-8-6-20(7-9-21)15-29-10-11-31-26-23(16-29)12-22(13-24(26)30-5)25-19(4)27-14-18(3)28-25/h6-9,12-14,17H,10-11,15-16H2,1-5H3. The molecule has 1 aliphatic heterocycles. The Hall–Kier alpha value is -2.92. The van der Waals surface area contributed by atoms with E-state index in [1.807, 2.05) is 19.9 Å².